The zero-order chi connectivity index (χ0) is 25.3. The fourth-order valence-electron chi connectivity index (χ4n) is 6.30. The van der Waals surface area contributed by atoms with E-state index < -0.39 is 17.7 Å². The second kappa shape index (κ2) is 10.3. The molecular formula is C30H34F2N2O2. The maximum Gasteiger partial charge on any atom is 0.246 e. The molecule has 190 valence electrons. The summed E-state index contributed by atoms with van der Waals surface area (Å²) in [7, 11) is 0. The van der Waals surface area contributed by atoms with Crippen molar-refractivity contribution < 1.29 is 18.7 Å². The Kier molecular flexibility index (Phi) is 7.09. The SMILES string of the molecule is C[C@@H]1CN(CC(O)C2CCN(C(=O)C=Cc3cc(F)cc(F)c3)CC2)CC[C@]12C=Cc1ccccc12. The molecule has 1 unspecified atom stereocenters. The standard InChI is InChI=1S/C30H34F2N2O2/c1-21-19-33(15-12-30(21)11-8-23-4-2-3-5-27(23)30)20-28(35)24-9-13-34(14-10-24)29(36)7-6-22-16-25(31)18-26(32)17-22/h2-8,11,16-18,21,24,28,35H,9-10,12-15,19-20H2,1H3/t21-,28?,30-/m1/s1. The molecule has 2 aromatic carbocycles. The normalized spacial score (nSPS) is 25.6. The zero-order valence-corrected chi connectivity index (χ0v) is 20.7. The molecule has 0 saturated carbocycles. The Hall–Kier alpha value is -2.83. The van der Waals surface area contributed by atoms with Gasteiger partial charge in [0.15, 0.2) is 0 Å². The molecule has 1 N–H and O–H groups in total. The third kappa shape index (κ3) is 5.02. The molecule has 0 bridgehead atoms. The topological polar surface area (TPSA) is 43.8 Å². The van der Waals surface area contributed by atoms with Gasteiger partial charge in [0.2, 0.25) is 5.91 Å². The Morgan fingerprint density at radius 1 is 1.14 bits per heavy atom. The molecule has 4 nitrogen and oxygen atoms in total. The van der Waals surface area contributed by atoms with Crippen LogP contribution in [0.5, 0.6) is 0 Å². The Labute approximate surface area is 211 Å². The first-order chi connectivity index (χ1) is 17.3. The van der Waals surface area contributed by atoms with Crippen LogP contribution in [-0.2, 0) is 10.2 Å². The number of halogens is 2. The Morgan fingerprint density at radius 2 is 1.86 bits per heavy atom. The second-order valence-electron chi connectivity index (χ2n) is 10.6. The van der Waals surface area contributed by atoms with Crippen molar-refractivity contribution in [2.75, 3.05) is 32.7 Å². The monoisotopic (exact) mass is 492 g/mol. The summed E-state index contributed by atoms with van der Waals surface area (Å²) in [6.45, 7) is 6.05. The van der Waals surface area contributed by atoms with Crippen molar-refractivity contribution in [1.82, 2.24) is 9.80 Å². The Balaban J connectivity index is 1.11. The third-order valence-corrected chi connectivity index (χ3v) is 8.42. The molecule has 6 heteroatoms. The molecule has 2 aromatic rings. The summed E-state index contributed by atoms with van der Waals surface area (Å²) in [5.41, 5.74) is 3.19. The summed E-state index contributed by atoms with van der Waals surface area (Å²) in [4.78, 5) is 16.7. The van der Waals surface area contributed by atoms with Crippen molar-refractivity contribution in [2.45, 2.75) is 37.7 Å². The molecule has 1 spiro atoms. The molecule has 0 aromatic heterocycles. The van der Waals surface area contributed by atoms with Crippen LogP contribution in [0.3, 0.4) is 0 Å². The number of hydrogen-bond acceptors (Lipinski definition) is 3. The minimum Gasteiger partial charge on any atom is -0.392 e. The molecule has 36 heavy (non-hydrogen) atoms. The molecule has 1 amide bonds. The van der Waals surface area contributed by atoms with E-state index in [1.54, 1.807) is 4.90 Å². The molecule has 5 rings (SSSR count). The van der Waals surface area contributed by atoms with Crippen LogP contribution >= 0.6 is 0 Å². The number of aliphatic hydroxyl groups is 1. The van der Waals surface area contributed by atoms with Gasteiger partial charge in [-0.25, -0.2) is 8.78 Å². The number of likely N-dealkylation sites (tertiary alicyclic amines) is 2. The first kappa shape index (κ1) is 24.8. The summed E-state index contributed by atoms with van der Waals surface area (Å²) >= 11 is 0. The van der Waals surface area contributed by atoms with E-state index in [2.05, 4.69) is 48.2 Å². The van der Waals surface area contributed by atoms with Gasteiger partial charge in [0.05, 0.1) is 6.10 Å². The fourth-order valence-corrected chi connectivity index (χ4v) is 6.30. The Morgan fingerprint density at radius 3 is 2.58 bits per heavy atom. The van der Waals surface area contributed by atoms with Gasteiger partial charge in [0.1, 0.15) is 11.6 Å². The van der Waals surface area contributed by atoms with E-state index in [1.165, 1.54) is 35.4 Å². The molecule has 1 aliphatic carbocycles. The quantitative estimate of drug-likeness (QED) is 0.605. The van der Waals surface area contributed by atoms with Crippen LogP contribution in [-0.4, -0.2) is 59.6 Å². The molecule has 2 saturated heterocycles. The number of benzene rings is 2. The third-order valence-electron chi connectivity index (χ3n) is 8.42. The van der Waals surface area contributed by atoms with Crippen LogP contribution in [0.2, 0.25) is 0 Å². The van der Waals surface area contributed by atoms with Crippen molar-refractivity contribution in [2.24, 2.45) is 11.8 Å². The lowest BCUT2D eigenvalue weighted by Crippen LogP contribution is -2.51. The minimum absolute atomic E-state index is 0.106. The van der Waals surface area contributed by atoms with Crippen LogP contribution < -0.4 is 0 Å². The average Bonchev–Trinajstić information content (AvgIpc) is 3.24. The fraction of sp³-hybridized carbons (Fsp3) is 0.433. The molecule has 2 fully saturated rings. The maximum atomic E-state index is 13.4. The highest BCUT2D eigenvalue weighted by Crippen LogP contribution is 2.46. The number of nitrogens with zero attached hydrogens (tertiary/aromatic N) is 2. The molecular weight excluding hydrogens is 458 g/mol. The van der Waals surface area contributed by atoms with E-state index in [9.17, 15) is 18.7 Å². The van der Waals surface area contributed by atoms with Crippen molar-refractivity contribution >= 4 is 18.1 Å². The van der Waals surface area contributed by atoms with E-state index in [0.717, 1.165) is 38.4 Å². The van der Waals surface area contributed by atoms with E-state index >= 15 is 0 Å². The minimum atomic E-state index is -0.667. The van der Waals surface area contributed by atoms with E-state index in [1.807, 2.05) is 0 Å². The van der Waals surface area contributed by atoms with Crippen molar-refractivity contribution in [3.05, 3.63) is 82.9 Å². The highest BCUT2D eigenvalue weighted by Gasteiger charge is 2.43. The van der Waals surface area contributed by atoms with Gasteiger partial charge in [-0.05, 0) is 72.5 Å². The van der Waals surface area contributed by atoms with Crippen molar-refractivity contribution in [1.29, 1.82) is 0 Å². The predicted octanol–water partition coefficient (Wildman–Crippen LogP) is 4.88. The Bertz CT molecular complexity index is 1150. The predicted molar refractivity (Wildman–Crippen MR) is 138 cm³/mol. The first-order valence-corrected chi connectivity index (χ1v) is 13.0. The van der Waals surface area contributed by atoms with Gasteiger partial charge in [0.25, 0.3) is 0 Å². The van der Waals surface area contributed by atoms with Crippen molar-refractivity contribution in [3.63, 3.8) is 0 Å². The summed E-state index contributed by atoms with van der Waals surface area (Å²) in [5, 5.41) is 11.0. The van der Waals surface area contributed by atoms with Crippen LogP contribution in [0.1, 0.15) is 42.9 Å². The number of piperidine rings is 2. The number of carbonyl (C=O) groups excluding carboxylic acids is 1. The van der Waals surface area contributed by atoms with E-state index in [4.69, 9.17) is 0 Å². The van der Waals surface area contributed by atoms with Crippen LogP contribution in [0.15, 0.2) is 54.6 Å². The first-order valence-electron chi connectivity index (χ1n) is 13.0. The lowest BCUT2D eigenvalue weighted by molar-refractivity contribution is -0.128. The number of amides is 1. The smallest absolute Gasteiger partial charge is 0.246 e. The summed E-state index contributed by atoms with van der Waals surface area (Å²) in [6.07, 6.45) is 9.60. The summed E-state index contributed by atoms with van der Waals surface area (Å²) < 4.78 is 26.7. The number of β-amino-alcohol motifs (C(OH)–C–C–N with tert-alkyl or cyclic N) is 1. The molecule has 0 radical (unpaired) electrons. The summed E-state index contributed by atoms with van der Waals surface area (Å²) in [5.74, 6) is -0.878. The molecule has 3 aliphatic rings. The highest BCUT2D eigenvalue weighted by molar-refractivity contribution is 5.91. The lowest BCUT2D eigenvalue weighted by Gasteiger charge is -2.45. The van der Waals surface area contributed by atoms with E-state index in [0.29, 0.717) is 31.1 Å². The van der Waals surface area contributed by atoms with Gasteiger partial charge in [-0.3, -0.25) is 4.79 Å². The largest absolute Gasteiger partial charge is 0.392 e. The van der Waals surface area contributed by atoms with Gasteiger partial charge in [-0.15, -0.1) is 0 Å². The molecule has 3 atom stereocenters. The highest BCUT2D eigenvalue weighted by atomic mass is 19.1. The summed E-state index contributed by atoms with van der Waals surface area (Å²) in [6, 6.07) is 11.9. The number of fused-ring (bicyclic) bond motifs is 2. The lowest BCUT2D eigenvalue weighted by atomic mass is 9.68. The number of carbonyl (C=O) groups is 1. The number of hydrogen-bond donors (Lipinski definition) is 1. The molecule has 2 aliphatic heterocycles. The zero-order valence-electron chi connectivity index (χ0n) is 20.7. The second-order valence-corrected chi connectivity index (χ2v) is 10.6. The number of aliphatic hydroxyl groups excluding tert-OH is 1. The van der Waals surface area contributed by atoms with Gasteiger partial charge in [0, 0.05) is 43.7 Å². The number of rotatable bonds is 5. The van der Waals surface area contributed by atoms with Crippen LogP contribution in [0, 0.1) is 23.5 Å². The van der Waals surface area contributed by atoms with Gasteiger partial charge in [-0.2, -0.15) is 0 Å². The number of allylic oxidation sites excluding steroid dienone is 1. The maximum absolute atomic E-state index is 13.4. The molecule has 2 heterocycles. The average molecular weight is 493 g/mol. The van der Waals surface area contributed by atoms with Crippen LogP contribution in [0.4, 0.5) is 8.78 Å². The van der Waals surface area contributed by atoms with E-state index in [-0.39, 0.29) is 17.2 Å². The van der Waals surface area contributed by atoms with Gasteiger partial charge < -0.3 is 14.9 Å². The van der Waals surface area contributed by atoms with Gasteiger partial charge in [-0.1, -0.05) is 43.3 Å². The van der Waals surface area contributed by atoms with Gasteiger partial charge >= 0.3 is 0 Å². The van der Waals surface area contributed by atoms with Crippen LogP contribution in [0.25, 0.3) is 12.2 Å². The van der Waals surface area contributed by atoms with Crippen molar-refractivity contribution in [3.8, 4) is 0 Å².